The van der Waals surface area contributed by atoms with Gasteiger partial charge in [-0.3, -0.25) is 9.59 Å². The van der Waals surface area contributed by atoms with Crippen molar-refractivity contribution in [1.29, 1.82) is 0 Å². The SMILES string of the molecule is O=C(O)CC1CCCN(C(=O)c2ncccc2Br)C1. The maximum atomic E-state index is 12.3. The molecule has 6 heteroatoms. The summed E-state index contributed by atoms with van der Waals surface area (Å²) in [5.74, 6) is -0.904. The molecule has 0 bridgehead atoms. The first-order chi connectivity index (χ1) is 9.08. The lowest BCUT2D eigenvalue weighted by atomic mass is 9.94. The molecule has 0 radical (unpaired) electrons. The van der Waals surface area contributed by atoms with Gasteiger partial charge in [0.2, 0.25) is 0 Å². The fourth-order valence-corrected chi connectivity index (χ4v) is 2.78. The van der Waals surface area contributed by atoms with E-state index in [4.69, 9.17) is 5.11 Å². The van der Waals surface area contributed by atoms with Crippen molar-refractivity contribution in [2.75, 3.05) is 13.1 Å². The number of carbonyl (C=O) groups excluding carboxylic acids is 1. The number of halogens is 1. The van der Waals surface area contributed by atoms with Crippen molar-refractivity contribution in [2.24, 2.45) is 5.92 Å². The quantitative estimate of drug-likeness (QED) is 0.924. The Kier molecular flexibility index (Phi) is 4.52. The van der Waals surface area contributed by atoms with Crippen LogP contribution in [-0.4, -0.2) is 40.0 Å². The fraction of sp³-hybridized carbons (Fsp3) is 0.462. The van der Waals surface area contributed by atoms with Crippen molar-refractivity contribution in [3.63, 3.8) is 0 Å². The van der Waals surface area contributed by atoms with Gasteiger partial charge in [-0.05, 0) is 46.8 Å². The van der Waals surface area contributed by atoms with E-state index in [0.29, 0.717) is 23.3 Å². The molecular weight excluding hydrogens is 312 g/mol. The standard InChI is InChI=1S/C13H15BrN2O3/c14-10-4-1-5-15-12(10)13(19)16-6-2-3-9(8-16)7-11(17)18/h1,4-5,9H,2-3,6-8H2,(H,17,18). The summed E-state index contributed by atoms with van der Waals surface area (Å²) in [6, 6.07) is 3.53. The number of amides is 1. The minimum Gasteiger partial charge on any atom is -0.481 e. The van der Waals surface area contributed by atoms with E-state index in [-0.39, 0.29) is 18.2 Å². The van der Waals surface area contributed by atoms with E-state index < -0.39 is 5.97 Å². The van der Waals surface area contributed by atoms with Gasteiger partial charge < -0.3 is 10.0 Å². The molecule has 19 heavy (non-hydrogen) atoms. The highest BCUT2D eigenvalue weighted by atomic mass is 79.9. The van der Waals surface area contributed by atoms with Gasteiger partial charge in [-0.1, -0.05) is 0 Å². The summed E-state index contributed by atoms with van der Waals surface area (Å²) in [6.07, 6.45) is 3.40. The zero-order chi connectivity index (χ0) is 13.8. The topological polar surface area (TPSA) is 70.5 Å². The van der Waals surface area contributed by atoms with E-state index in [9.17, 15) is 9.59 Å². The van der Waals surface area contributed by atoms with Crippen molar-refractivity contribution < 1.29 is 14.7 Å². The first kappa shape index (κ1) is 14.0. The van der Waals surface area contributed by atoms with E-state index in [1.807, 2.05) is 0 Å². The number of hydrogen-bond donors (Lipinski definition) is 1. The van der Waals surface area contributed by atoms with Gasteiger partial charge >= 0.3 is 5.97 Å². The van der Waals surface area contributed by atoms with E-state index in [1.54, 1.807) is 23.2 Å². The van der Waals surface area contributed by atoms with Crippen LogP contribution in [-0.2, 0) is 4.79 Å². The second-order valence-corrected chi connectivity index (χ2v) is 5.55. The van der Waals surface area contributed by atoms with Gasteiger partial charge in [0.1, 0.15) is 5.69 Å². The summed E-state index contributed by atoms with van der Waals surface area (Å²) in [7, 11) is 0. The maximum absolute atomic E-state index is 12.3. The highest BCUT2D eigenvalue weighted by Crippen LogP contribution is 2.23. The van der Waals surface area contributed by atoms with Crippen molar-refractivity contribution >= 4 is 27.8 Å². The molecular formula is C13H15BrN2O3. The van der Waals surface area contributed by atoms with Crippen LogP contribution in [0.15, 0.2) is 22.8 Å². The summed E-state index contributed by atoms with van der Waals surface area (Å²) in [6.45, 7) is 1.16. The molecule has 0 saturated carbocycles. The molecule has 1 aromatic rings. The number of aliphatic carboxylic acids is 1. The Hall–Kier alpha value is -1.43. The molecule has 1 unspecified atom stereocenters. The second kappa shape index (κ2) is 6.14. The molecule has 0 aromatic carbocycles. The van der Waals surface area contributed by atoms with E-state index in [0.717, 1.165) is 12.8 Å². The van der Waals surface area contributed by atoms with Crippen LogP contribution in [0.5, 0.6) is 0 Å². The van der Waals surface area contributed by atoms with Crippen LogP contribution >= 0.6 is 15.9 Å². The lowest BCUT2D eigenvalue weighted by Crippen LogP contribution is -2.41. The first-order valence-electron chi connectivity index (χ1n) is 6.19. The molecule has 1 atom stereocenters. The van der Waals surface area contributed by atoms with Crippen LogP contribution in [0, 0.1) is 5.92 Å². The smallest absolute Gasteiger partial charge is 0.303 e. The minimum absolute atomic E-state index is 0.0395. The number of nitrogens with zero attached hydrogens (tertiary/aromatic N) is 2. The summed E-state index contributed by atoms with van der Waals surface area (Å²) >= 11 is 3.31. The molecule has 2 rings (SSSR count). The number of hydrogen-bond acceptors (Lipinski definition) is 3. The van der Waals surface area contributed by atoms with Gasteiger partial charge in [-0.15, -0.1) is 0 Å². The Labute approximate surface area is 119 Å². The van der Waals surface area contributed by atoms with Crippen molar-refractivity contribution in [3.8, 4) is 0 Å². The zero-order valence-corrected chi connectivity index (χ0v) is 12.0. The Bertz CT molecular complexity index is 493. The monoisotopic (exact) mass is 326 g/mol. The molecule has 5 nitrogen and oxygen atoms in total. The number of piperidine rings is 1. The largest absolute Gasteiger partial charge is 0.481 e. The molecule has 0 aliphatic carbocycles. The number of aromatic nitrogens is 1. The van der Waals surface area contributed by atoms with Crippen LogP contribution in [0.3, 0.4) is 0 Å². The molecule has 1 aliphatic rings. The molecule has 102 valence electrons. The van der Waals surface area contributed by atoms with Crippen molar-refractivity contribution in [2.45, 2.75) is 19.3 Å². The number of likely N-dealkylation sites (tertiary alicyclic amines) is 1. The Morgan fingerprint density at radius 3 is 3.00 bits per heavy atom. The molecule has 1 fully saturated rings. The number of pyridine rings is 1. The number of carboxylic acids is 1. The van der Waals surface area contributed by atoms with E-state index >= 15 is 0 Å². The average molecular weight is 327 g/mol. The molecule has 1 amide bonds. The Morgan fingerprint density at radius 1 is 1.53 bits per heavy atom. The number of carboxylic acid groups (broad SMARTS) is 1. The molecule has 1 aliphatic heterocycles. The Morgan fingerprint density at radius 2 is 2.32 bits per heavy atom. The first-order valence-corrected chi connectivity index (χ1v) is 6.99. The molecule has 1 aromatic heterocycles. The highest BCUT2D eigenvalue weighted by molar-refractivity contribution is 9.10. The van der Waals surface area contributed by atoms with Crippen molar-refractivity contribution in [3.05, 3.63) is 28.5 Å². The minimum atomic E-state index is -0.807. The van der Waals surface area contributed by atoms with Crippen LogP contribution in [0.2, 0.25) is 0 Å². The number of rotatable bonds is 3. The molecule has 2 heterocycles. The van der Waals surface area contributed by atoms with E-state index in [2.05, 4.69) is 20.9 Å². The van der Waals surface area contributed by atoms with Gasteiger partial charge in [0.25, 0.3) is 5.91 Å². The summed E-state index contributed by atoms with van der Waals surface area (Å²) in [5, 5.41) is 8.83. The third-order valence-corrected chi connectivity index (χ3v) is 3.87. The van der Waals surface area contributed by atoms with Crippen LogP contribution in [0.4, 0.5) is 0 Å². The predicted molar refractivity (Wildman–Crippen MR) is 72.8 cm³/mol. The molecule has 0 spiro atoms. The summed E-state index contributed by atoms with van der Waals surface area (Å²) in [4.78, 5) is 28.9. The van der Waals surface area contributed by atoms with E-state index in [1.165, 1.54) is 0 Å². The van der Waals surface area contributed by atoms with Crippen LogP contribution in [0.1, 0.15) is 29.8 Å². The molecule has 1 N–H and O–H groups in total. The third-order valence-electron chi connectivity index (χ3n) is 3.23. The summed E-state index contributed by atoms with van der Waals surface area (Å²) in [5.41, 5.74) is 0.387. The third kappa shape index (κ3) is 3.53. The maximum Gasteiger partial charge on any atom is 0.303 e. The van der Waals surface area contributed by atoms with Crippen LogP contribution < -0.4 is 0 Å². The predicted octanol–water partition coefficient (Wildman–Crippen LogP) is 2.17. The highest BCUT2D eigenvalue weighted by Gasteiger charge is 2.27. The van der Waals surface area contributed by atoms with Gasteiger partial charge in [-0.25, -0.2) is 4.98 Å². The lowest BCUT2D eigenvalue weighted by Gasteiger charge is -2.32. The van der Waals surface area contributed by atoms with Gasteiger partial charge in [0, 0.05) is 30.2 Å². The van der Waals surface area contributed by atoms with Gasteiger partial charge in [0.05, 0.1) is 0 Å². The fourth-order valence-electron chi connectivity index (χ4n) is 2.36. The summed E-state index contributed by atoms with van der Waals surface area (Å²) < 4.78 is 0.667. The van der Waals surface area contributed by atoms with Crippen molar-refractivity contribution in [1.82, 2.24) is 9.88 Å². The van der Waals surface area contributed by atoms with Gasteiger partial charge in [-0.2, -0.15) is 0 Å². The lowest BCUT2D eigenvalue weighted by molar-refractivity contribution is -0.138. The normalized spacial score (nSPS) is 19.2. The second-order valence-electron chi connectivity index (χ2n) is 4.69. The molecule has 1 saturated heterocycles. The number of carbonyl (C=O) groups is 2. The Balaban J connectivity index is 2.07. The average Bonchev–Trinajstić information content (AvgIpc) is 2.38. The zero-order valence-electron chi connectivity index (χ0n) is 10.4. The van der Waals surface area contributed by atoms with Gasteiger partial charge in [0.15, 0.2) is 0 Å². The van der Waals surface area contributed by atoms with Crippen LogP contribution in [0.25, 0.3) is 0 Å².